The predicted octanol–water partition coefficient (Wildman–Crippen LogP) is 1.07. The molecule has 1 amide bonds. The summed E-state index contributed by atoms with van der Waals surface area (Å²) in [6, 6.07) is 0.569. The Labute approximate surface area is 72.4 Å². The molecule has 0 aromatic carbocycles. The Morgan fingerprint density at radius 2 is 2.18 bits per heavy atom. The molecule has 1 saturated heterocycles. The van der Waals surface area contributed by atoms with Gasteiger partial charge in [-0.3, -0.25) is 4.79 Å². The van der Waals surface area contributed by atoms with Gasteiger partial charge < -0.3 is 4.90 Å². The largest absolute Gasteiger partial charge is 0.339 e. The molecule has 62 valence electrons. The number of carbonyl (C=O) groups is 1. The van der Waals surface area contributed by atoms with E-state index in [1.807, 2.05) is 4.90 Å². The second kappa shape index (κ2) is 2.70. The van der Waals surface area contributed by atoms with Crippen LogP contribution in [0.25, 0.3) is 0 Å². The summed E-state index contributed by atoms with van der Waals surface area (Å²) in [5.74, 6) is 0.315. The third-order valence-electron chi connectivity index (χ3n) is 2.65. The quantitative estimate of drug-likeness (QED) is 0.585. The van der Waals surface area contributed by atoms with Gasteiger partial charge in [0.15, 0.2) is 0 Å². The highest BCUT2D eigenvalue weighted by Gasteiger charge is 2.35. The SMILES string of the molecule is O=C1CC(S)CN1C1CCC1. The number of carbonyl (C=O) groups excluding carboxylic acids is 1. The lowest BCUT2D eigenvalue weighted by molar-refractivity contribution is -0.131. The number of hydrogen-bond donors (Lipinski definition) is 1. The summed E-state index contributed by atoms with van der Waals surface area (Å²) in [6.45, 7) is 0.882. The first-order valence-corrected chi connectivity index (χ1v) is 4.76. The van der Waals surface area contributed by atoms with E-state index in [9.17, 15) is 4.79 Å². The highest BCUT2D eigenvalue weighted by Crippen LogP contribution is 2.29. The summed E-state index contributed by atoms with van der Waals surface area (Å²) in [6.07, 6.45) is 4.38. The van der Waals surface area contributed by atoms with E-state index in [0.717, 1.165) is 6.54 Å². The van der Waals surface area contributed by atoms with Gasteiger partial charge >= 0.3 is 0 Å². The lowest BCUT2D eigenvalue weighted by atomic mass is 9.92. The fourth-order valence-corrected chi connectivity index (χ4v) is 2.10. The van der Waals surface area contributed by atoms with Crippen LogP contribution in [0.4, 0.5) is 0 Å². The molecule has 2 nitrogen and oxygen atoms in total. The fourth-order valence-electron chi connectivity index (χ4n) is 1.76. The second-order valence-electron chi connectivity index (χ2n) is 3.49. The zero-order valence-corrected chi connectivity index (χ0v) is 7.39. The van der Waals surface area contributed by atoms with Gasteiger partial charge in [-0.15, -0.1) is 0 Å². The van der Waals surface area contributed by atoms with Crippen LogP contribution < -0.4 is 0 Å². The van der Waals surface area contributed by atoms with Gasteiger partial charge in [0.05, 0.1) is 0 Å². The summed E-state index contributed by atoms with van der Waals surface area (Å²) in [7, 11) is 0. The fraction of sp³-hybridized carbons (Fsp3) is 0.875. The standard InChI is InChI=1S/C8H13NOS/c10-8-4-7(11)5-9(8)6-2-1-3-6/h6-7,11H,1-5H2. The van der Waals surface area contributed by atoms with Crippen LogP contribution in [0.1, 0.15) is 25.7 Å². The van der Waals surface area contributed by atoms with Gasteiger partial charge in [0, 0.05) is 24.3 Å². The molecule has 0 radical (unpaired) electrons. The third kappa shape index (κ3) is 1.26. The molecule has 0 N–H and O–H groups in total. The molecule has 0 spiro atoms. The van der Waals surface area contributed by atoms with Gasteiger partial charge in [-0.2, -0.15) is 12.6 Å². The molecular weight excluding hydrogens is 158 g/mol. The molecule has 2 rings (SSSR count). The van der Waals surface area contributed by atoms with Crippen LogP contribution in [0, 0.1) is 0 Å². The average molecular weight is 171 g/mol. The molecule has 1 aliphatic carbocycles. The molecule has 11 heavy (non-hydrogen) atoms. The number of nitrogens with zero attached hydrogens (tertiary/aromatic N) is 1. The molecule has 1 saturated carbocycles. The van der Waals surface area contributed by atoms with Gasteiger partial charge in [-0.1, -0.05) is 0 Å². The smallest absolute Gasteiger partial charge is 0.224 e. The minimum absolute atomic E-state index is 0.295. The molecule has 1 unspecified atom stereocenters. The van der Waals surface area contributed by atoms with Crippen molar-refractivity contribution in [3.8, 4) is 0 Å². The van der Waals surface area contributed by atoms with E-state index in [-0.39, 0.29) is 0 Å². The van der Waals surface area contributed by atoms with Gasteiger partial charge in [-0.05, 0) is 19.3 Å². The molecule has 1 aliphatic heterocycles. The summed E-state index contributed by atoms with van der Waals surface area (Å²) >= 11 is 4.31. The maximum absolute atomic E-state index is 11.3. The molecule has 3 heteroatoms. The highest BCUT2D eigenvalue weighted by molar-refractivity contribution is 7.81. The summed E-state index contributed by atoms with van der Waals surface area (Å²) in [5.41, 5.74) is 0. The van der Waals surface area contributed by atoms with E-state index >= 15 is 0 Å². The predicted molar refractivity (Wildman–Crippen MR) is 46.7 cm³/mol. The Bertz CT molecular complexity index is 179. The van der Waals surface area contributed by atoms with E-state index in [0.29, 0.717) is 23.6 Å². The average Bonchev–Trinajstić information content (AvgIpc) is 2.07. The van der Waals surface area contributed by atoms with E-state index in [4.69, 9.17) is 0 Å². The van der Waals surface area contributed by atoms with E-state index < -0.39 is 0 Å². The molecular formula is C8H13NOS. The zero-order chi connectivity index (χ0) is 7.84. The van der Waals surface area contributed by atoms with Crippen LogP contribution in [0.2, 0.25) is 0 Å². The monoisotopic (exact) mass is 171 g/mol. The van der Waals surface area contributed by atoms with Gasteiger partial charge in [0.25, 0.3) is 0 Å². The van der Waals surface area contributed by atoms with Crippen molar-refractivity contribution in [2.75, 3.05) is 6.54 Å². The number of thiol groups is 1. The van der Waals surface area contributed by atoms with Crippen LogP contribution >= 0.6 is 12.6 Å². The number of likely N-dealkylation sites (tertiary alicyclic amines) is 1. The van der Waals surface area contributed by atoms with Gasteiger partial charge in [0.2, 0.25) is 5.91 Å². The van der Waals surface area contributed by atoms with Crippen molar-refractivity contribution in [1.29, 1.82) is 0 Å². The summed E-state index contributed by atoms with van der Waals surface area (Å²) in [5, 5.41) is 0.295. The minimum atomic E-state index is 0.295. The summed E-state index contributed by atoms with van der Waals surface area (Å²) < 4.78 is 0. The van der Waals surface area contributed by atoms with Crippen molar-refractivity contribution in [3.63, 3.8) is 0 Å². The first kappa shape index (κ1) is 7.47. The van der Waals surface area contributed by atoms with E-state index in [1.165, 1.54) is 19.3 Å². The molecule has 0 bridgehead atoms. The Hall–Kier alpha value is -0.180. The van der Waals surface area contributed by atoms with Crippen LogP contribution in [-0.2, 0) is 4.79 Å². The second-order valence-corrected chi connectivity index (χ2v) is 4.22. The molecule has 1 atom stereocenters. The molecule has 1 heterocycles. The Morgan fingerprint density at radius 1 is 1.45 bits per heavy atom. The Balaban J connectivity index is 1.97. The van der Waals surface area contributed by atoms with E-state index in [2.05, 4.69) is 12.6 Å². The molecule has 2 fully saturated rings. The van der Waals surface area contributed by atoms with Crippen LogP contribution in [-0.4, -0.2) is 28.6 Å². The first-order valence-electron chi connectivity index (χ1n) is 4.25. The van der Waals surface area contributed by atoms with Crippen molar-refractivity contribution in [2.45, 2.75) is 37.0 Å². The highest BCUT2D eigenvalue weighted by atomic mass is 32.1. The zero-order valence-electron chi connectivity index (χ0n) is 6.49. The first-order chi connectivity index (χ1) is 5.27. The summed E-state index contributed by atoms with van der Waals surface area (Å²) in [4.78, 5) is 13.3. The van der Waals surface area contributed by atoms with Crippen molar-refractivity contribution in [3.05, 3.63) is 0 Å². The maximum atomic E-state index is 11.3. The normalized spacial score (nSPS) is 32.6. The lowest BCUT2D eigenvalue weighted by Crippen LogP contribution is -2.41. The number of amides is 1. The van der Waals surface area contributed by atoms with Crippen molar-refractivity contribution < 1.29 is 4.79 Å². The van der Waals surface area contributed by atoms with Gasteiger partial charge in [0.1, 0.15) is 0 Å². The molecule has 0 aromatic rings. The number of rotatable bonds is 1. The van der Waals surface area contributed by atoms with Crippen molar-refractivity contribution >= 4 is 18.5 Å². The van der Waals surface area contributed by atoms with Crippen molar-refractivity contribution in [2.24, 2.45) is 0 Å². The molecule has 0 aromatic heterocycles. The number of hydrogen-bond acceptors (Lipinski definition) is 2. The van der Waals surface area contributed by atoms with Gasteiger partial charge in [-0.25, -0.2) is 0 Å². The Morgan fingerprint density at radius 3 is 2.55 bits per heavy atom. The van der Waals surface area contributed by atoms with E-state index in [1.54, 1.807) is 0 Å². The van der Waals surface area contributed by atoms with Crippen LogP contribution in [0.5, 0.6) is 0 Å². The third-order valence-corrected chi connectivity index (χ3v) is 3.00. The maximum Gasteiger partial charge on any atom is 0.224 e. The van der Waals surface area contributed by atoms with Crippen LogP contribution in [0.15, 0.2) is 0 Å². The van der Waals surface area contributed by atoms with Crippen molar-refractivity contribution in [1.82, 2.24) is 4.90 Å². The Kier molecular flexibility index (Phi) is 1.83. The topological polar surface area (TPSA) is 20.3 Å². The minimum Gasteiger partial charge on any atom is -0.339 e. The van der Waals surface area contributed by atoms with Crippen LogP contribution in [0.3, 0.4) is 0 Å². The lowest BCUT2D eigenvalue weighted by Gasteiger charge is -2.34. The molecule has 2 aliphatic rings.